The minimum Gasteiger partial charge on any atom is -0.488 e. The van der Waals surface area contributed by atoms with Crippen molar-refractivity contribution < 1.29 is 33.7 Å². The Labute approximate surface area is 205 Å². The molecular formula is C26H34N2O7. The molecule has 2 aromatic carbocycles. The molecule has 35 heavy (non-hydrogen) atoms. The highest BCUT2D eigenvalue weighted by Gasteiger charge is 2.31. The summed E-state index contributed by atoms with van der Waals surface area (Å²) >= 11 is 0. The van der Waals surface area contributed by atoms with E-state index in [-0.39, 0.29) is 18.6 Å². The quantitative estimate of drug-likeness (QED) is 0.441. The first-order valence-electron chi connectivity index (χ1n) is 11.3. The fourth-order valence-electron chi connectivity index (χ4n) is 3.16. The monoisotopic (exact) mass is 486 g/mol. The maximum absolute atomic E-state index is 13.0. The Kier molecular flexibility index (Phi) is 10.1. The van der Waals surface area contributed by atoms with Crippen LogP contribution in [0.1, 0.15) is 38.8 Å². The van der Waals surface area contributed by atoms with Gasteiger partial charge in [0, 0.05) is 6.42 Å². The van der Waals surface area contributed by atoms with Crippen LogP contribution in [-0.2, 0) is 32.1 Å². The first kappa shape index (κ1) is 27.7. The van der Waals surface area contributed by atoms with Gasteiger partial charge in [-0.05, 0) is 51.0 Å². The molecule has 0 spiro atoms. The fourth-order valence-corrected chi connectivity index (χ4v) is 3.16. The van der Waals surface area contributed by atoms with Gasteiger partial charge in [0.2, 0.25) is 5.91 Å². The summed E-state index contributed by atoms with van der Waals surface area (Å²) < 4.78 is 15.7. The highest BCUT2D eigenvalue weighted by molar-refractivity contribution is 5.90. The van der Waals surface area contributed by atoms with E-state index in [0.717, 1.165) is 18.2 Å². The molecule has 2 amide bonds. The molecule has 0 aliphatic heterocycles. The topological polar surface area (TPSA) is 123 Å². The van der Waals surface area contributed by atoms with Gasteiger partial charge in [-0.2, -0.15) is 0 Å². The molecule has 2 aromatic rings. The molecule has 0 aliphatic carbocycles. The number of benzene rings is 2. The molecule has 2 rings (SSSR count). The Hall–Kier alpha value is -3.59. The minimum absolute atomic E-state index is 0.0261. The summed E-state index contributed by atoms with van der Waals surface area (Å²) in [6, 6.07) is 13.8. The number of ether oxygens (including phenoxy) is 3. The smallest absolute Gasteiger partial charge is 0.408 e. The summed E-state index contributed by atoms with van der Waals surface area (Å²) in [6.07, 6.45) is -1.89. The zero-order valence-corrected chi connectivity index (χ0v) is 20.7. The number of alkyl carbamates (subject to hydrolysis) is 1. The van der Waals surface area contributed by atoms with Crippen LogP contribution in [-0.4, -0.2) is 54.0 Å². The number of esters is 1. The summed E-state index contributed by atoms with van der Waals surface area (Å²) in [5.41, 5.74) is 1.16. The minimum atomic E-state index is -1.29. The molecule has 9 heteroatoms. The lowest BCUT2D eigenvalue weighted by molar-refractivity contribution is -0.148. The molecule has 0 bridgehead atoms. The number of nitrogens with one attached hydrogen (secondary N) is 2. The molecule has 0 radical (unpaired) electrons. The second-order valence-corrected chi connectivity index (χ2v) is 9.07. The van der Waals surface area contributed by atoms with Crippen LogP contribution in [0.3, 0.4) is 0 Å². The van der Waals surface area contributed by atoms with Crippen LogP contribution in [0.2, 0.25) is 0 Å². The summed E-state index contributed by atoms with van der Waals surface area (Å²) in [4.78, 5) is 37.5. The molecule has 3 atom stereocenters. The van der Waals surface area contributed by atoms with Crippen molar-refractivity contribution >= 4 is 18.0 Å². The van der Waals surface area contributed by atoms with Crippen LogP contribution in [0.25, 0.3) is 0 Å². The van der Waals surface area contributed by atoms with E-state index in [1.54, 1.807) is 24.3 Å². The maximum Gasteiger partial charge on any atom is 0.408 e. The zero-order valence-electron chi connectivity index (χ0n) is 20.7. The highest BCUT2D eigenvalue weighted by Crippen LogP contribution is 2.19. The molecule has 0 fully saturated rings. The number of carbonyl (C=O) groups is 3. The third-order valence-corrected chi connectivity index (χ3v) is 4.84. The van der Waals surface area contributed by atoms with Crippen molar-refractivity contribution in [3.8, 4) is 5.75 Å². The lowest BCUT2D eigenvalue weighted by Crippen LogP contribution is -2.55. The lowest BCUT2D eigenvalue weighted by Gasteiger charge is -2.24. The Balaban J connectivity index is 2.14. The zero-order chi connectivity index (χ0) is 26.0. The van der Waals surface area contributed by atoms with Crippen molar-refractivity contribution in [2.75, 3.05) is 7.11 Å². The van der Waals surface area contributed by atoms with Crippen LogP contribution in [0.4, 0.5) is 4.79 Å². The van der Waals surface area contributed by atoms with Crippen LogP contribution in [0, 0.1) is 0 Å². The Morgan fingerprint density at radius 2 is 1.57 bits per heavy atom. The molecule has 9 nitrogen and oxygen atoms in total. The fraction of sp³-hybridized carbons (Fsp3) is 0.423. The third-order valence-electron chi connectivity index (χ3n) is 4.84. The second-order valence-electron chi connectivity index (χ2n) is 9.07. The molecule has 0 saturated heterocycles. The van der Waals surface area contributed by atoms with Gasteiger partial charge in [0.05, 0.1) is 13.2 Å². The molecule has 0 saturated carbocycles. The normalized spacial score (nSPS) is 13.7. The summed E-state index contributed by atoms with van der Waals surface area (Å²) in [6.45, 7) is 7.19. The summed E-state index contributed by atoms with van der Waals surface area (Å²) in [5, 5.41) is 14.9. The standard InChI is InChI=1S/C26H34N2O7/c1-17(29)22(24(31)33-5)28-23(30)21(27-25(32)34-16-19-9-7-6-8-10-19)15-18-11-13-20(14-12-18)35-26(2,3)4/h6-14,17,21-22,29H,15-16H2,1-5H3,(H,27,32)(H,28,30)/t17-,21+,22-/m0/s1. The number of aliphatic hydroxyl groups excluding tert-OH is 1. The third kappa shape index (κ3) is 9.66. The van der Waals surface area contributed by atoms with Gasteiger partial charge in [-0.15, -0.1) is 0 Å². The van der Waals surface area contributed by atoms with E-state index in [9.17, 15) is 19.5 Å². The number of rotatable bonds is 10. The van der Waals surface area contributed by atoms with Gasteiger partial charge in [-0.3, -0.25) is 4.79 Å². The Morgan fingerprint density at radius 1 is 0.943 bits per heavy atom. The first-order valence-corrected chi connectivity index (χ1v) is 11.3. The van der Waals surface area contributed by atoms with Crippen molar-refractivity contribution in [2.45, 2.75) is 64.5 Å². The van der Waals surface area contributed by atoms with E-state index in [2.05, 4.69) is 15.4 Å². The van der Waals surface area contributed by atoms with Crippen molar-refractivity contribution in [3.63, 3.8) is 0 Å². The van der Waals surface area contributed by atoms with E-state index in [1.807, 2.05) is 51.1 Å². The predicted molar refractivity (Wildman–Crippen MR) is 130 cm³/mol. The lowest BCUT2D eigenvalue weighted by atomic mass is 10.0. The van der Waals surface area contributed by atoms with Crippen molar-refractivity contribution in [1.29, 1.82) is 0 Å². The number of amides is 2. The van der Waals surface area contributed by atoms with Crippen LogP contribution in [0.15, 0.2) is 54.6 Å². The second kappa shape index (κ2) is 12.8. The maximum atomic E-state index is 13.0. The van der Waals surface area contributed by atoms with Crippen LogP contribution in [0.5, 0.6) is 5.75 Å². The predicted octanol–water partition coefficient (Wildman–Crippen LogP) is 2.74. The molecular weight excluding hydrogens is 452 g/mol. The summed E-state index contributed by atoms with van der Waals surface area (Å²) in [7, 11) is 1.15. The van der Waals surface area contributed by atoms with E-state index < -0.39 is 36.2 Å². The van der Waals surface area contributed by atoms with E-state index in [1.165, 1.54) is 6.92 Å². The Morgan fingerprint density at radius 3 is 2.11 bits per heavy atom. The molecule has 0 unspecified atom stereocenters. The first-order chi connectivity index (χ1) is 16.5. The van der Waals surface area contributed by atoms with Gasteiger partial charge in [-0.1, -0.05) is 42.5 Å². The van der Waals surface area contributed by atoms with E-state index in [4.69, 9.17) is 9.47 Å². The van der Waals surface area contributed by atoms with Gasteiger partial charge in [0.25, 0.3) is 0 Å². The average molecular weight is 487 g/mol. The molecule has 0 aromatic heterocycles. The van der Waals surface area contributed by atoms with Crippen molar-refractivity contribution in [2.24, 2.45) is 0 Å². The average Bonchev–Trinajstić information content (AvgIpc) is 2.81. The molecule has 3 N–H and O–H groups in total. The Bertz CT molecular complexity index is 969. The number of carbonyl (C=O) groups excluding carboxylic acids is 3. The largest absolute Gasteiger partial charge is 0.488 e. The van der Waals surface area contributed by atoms with E-state index >= 15 is 0 Å². The van der Waals surface area contributed by atoms with Gasteiger partial charge in [0.15, 0.2) is 6.04 Å². The number of hydrogen-bond acceptors (Lipinski definition) is 7. The number of aliphatic hydroxyl groups is 1. The van der Waals surface area contributed by atoms with Crippen LogP contribution < -0.4 is 15.4 Å². The highest BCUT2D eigenvalue weighted by atomic mass is 16.5. The van der Waals surface area contributed by atoms with Gasteiger partial charge < -0.3 is 30.0 Å². The summed E-state index contributed by atoms with van der Waals surface area (Å²) in [5.74, 6) is -0.812. The van der Waals surface area contributed by atoms with Gasteiger partial charge >= 0.3 is 12.1 Å². The van der Waals surface area contributed by atoms with Gasteiger partial charge in [-0.25, -0.2) is 9.59 Å². The number of methoxy groups -OCH3 is 1. The van der Waals surface area contributed by atoms with Crippen molar-refractivity contribution in [1.82, 2.24) is 10.6 Å². The number of hydrogen-bond donors (Lipinski definition) is 3. The molecule has 190 valence electrons. The van der Waals surface area contributed by atoms with Crippen LogP contribution >= 0.6 is 0 Å². The van der Waals surface area contributed by atoms with Crippen molar-refractivity contribution in [3.05, 3.63) is 65.7 Å². The van der Waals surface area contributed by atoms with Gasteiger partial charge in [0.1, 0.15) is 24.0 Å². The molecule has 0 heterocycles. The molecule has 0 aliphatic rings. The van der Waals surface area contributed by atoms with E-state index in [0.29, 0.717) is 5.75 Å². The SMILES string of the molecule is COC(=O)[C@@H](NC(=O)[C@@H](Cc1ccc(OC(C)(C)C)cc1)NC(=O)OCc1ccccc1)[C@H](C)O.